The molecule has 2 heterocycles. The van der Waals surface area contributed by atoms with Gasteiger partial charge in [0.15, 0.2) is 16.9 Å². The van der Waals surface area contributed by atoms with E-state index in [1.165, 1.54) is 0 Å². The molecule has 0 saturated carbocycles. The Hall–Kier alpha value is -2.31. The molecule has 1 aromatic carbocycles. The van der Waals surface area contributed by atoms with Crippen molar-refractivity contribution >= 4 is 0 Å². The zero-order valence-electron chi connectivity index (χ0n) is 19.0. The van der Waals surface area contributed by atoms with Crippen LogP contribution in [0, 0.1) is 5.41 Å². The maximum Gasteiger partial charge on any atom is 0.187 e. The van der Waals surface area contributed by atoms with Gasteiger partial charge < -0.3 is 24.5 Å². The number of rotatable bonds is 7. The first kappa shape index (κ1) is 22.4. The fourth-order valence-corrected chi connectivity index (χ4v) is 4.17. The van der Waals surface area contributed by atoms with Crippen molar-refractivity contribution in [3.63, 3.8) is 0 Å². The number of methoxy groups -OCH3 is 1. The highest BCUT2D eigenvalue weighted by Gasteiger charge is 2.34. The Balaban J connectivity index is 2.21. The van der Waals surface area contributed by atoms with Crippen molar-refractivity contribution in [3.05, 3.63) is 45.7 Å². The Bertz CT molecular complexity index is 959. The Kier molecular flexibility index (Phi) is 6.58. The van der Waals surface area contributed by atoms with Crippen LogP contribution in [0.3, 0.4) is 0 Å². The van der Waals surface area contributed by atoms with Gasteiger partial charge in [-0.05, 0) is 43.4 Å². The third-order valence-corrected chi connectivity index (χ3v) is 5.75. The molecule has 0 fully saturated rings. The largest absolute Gasteiger partial charge is 0.493 e. The van der Waals surface area contributed by atoms with Gasteiger partial charge in [-0.25, -0.2) is 0 Å². The average molecular weight is 415 g/mol. The number of aromatic nitrogens is 1. The van der Waals surface area contributed by atoms with E-state index in [-0.39, 0.29) is 23.0 Å². The molecule has 0 saturated heterocycles. The molecule has 1 aromatic heterocycles. The third-order valence-electron chi connectivity index (χ3n) is 5.75. The summed E-state index contributed by atoms with van der Waals surface area (Å²) in [5.41, 5.74) is 9.33. The standard InChI is InChI=1S/C24H34N2O4/c1-7-29-15(2)18-14-26-19(13-20(18)27)17-12-21(28-6)22(30-9-8-25)10-16(17)11-23(26)24(3,4)5/h10,12-15,23H,7-9,11,25H2,1-6H3. The zero-order chi connectivity index (χ0) is 22.1. The summed E-state index contributed by atoms with van der Waals surface area (Å²) in [5.74, 6) is 1.33. The summed E-state index contributed by atoms with van der Waals surface area (Å²) >= 11 is 0. The van der Waals surface area contributed by atoms with E-state index in [0.29, 0.717) is 36.8 Å². The molecule has 164 valence electrons. The summed E-state index contributed by atoms with van der Waals surface area (Å²) in [5, 5.41) is 0. The van der Waals surface area contributed by atoms with Gasteiger partial charge in [0.25, 0.3) is 0 Å². The van der Waals surface area contributed by atoms with Crippen LogP contribution in [-0.2, 0) is 11.2 Å². The normalized spacial score (nSPS) is 16.6. The summed E-state index contributed by atoms with van der Waals surface area (Å²) in [7, 11) is 1.62. The van der Waals surface area contributed by atoms with Crippen LogP contribution in [0.15, 0.2) is 29.2 Å². The van der Waals surface area contributed by atoms with Gasteiger partial charge in [0, 0.05) is 42.6 Å². The Morgan fingerprint density at radius 1 is 1.23 bits per heavy atom. The van der Waals surface area contributed by atoms with Crippen LogP contribution < -0.4 is 20.6 Å². The predicted octanol–water partition coefficient (Wildman–Crippen LogP) is 4.10. The predicted molar refractivity (Wildman–Crippen MR) is 119 cm³/mol. The second-order valence-corrected chi connectivity index (χ2v) is 8.87. The number of fused-ring (bicyclic) bond motifs is 3. The molecule has 1 aliphatic heterocycles. The van der Waals surface area contributed by atoms with Crippen molar-refractivity contribution in [2.45, 2.75) is 53.2 Å². The fourth-order valence-electron chi connectivity index (χ4n) is 4.17. The molecule has 2 N–H and O–H groups in total. The van der Waals surface area contributed by atoms with Crippen LogP contribution in [0.5, 0.6) is 11.5 Å². The Morgan fingerprint density at radius 3 is 2.57 bits per heavy atom. The van der Waals surface area contributed by atoms with Crippen LogP contribution in [0.25, 0.3) is 11.3 Å². The lowest BCUT2D eigenvalue weighted by molar-refractivity contribution is 0.0748. The topological polar surface area (TPSA) is 75.7 Å². The highest BCUT2D eigenvalue weighted by molar-refractivity contribution is 5.71. The molecule has 0 aliphatic carbocycles. The molecule has 0 radical (unpaired) electrons. The van der Waals surface area contributed by atoms with Gasteiger partial charge in [-0.3, -0.25) is 4.79 Å². The lowest BCUT2D eigenvalue weighted by Crippen LogP contribution is -2.32. The second kappa shape index (κ2) is 8.82. The third kappa shape index (κ3) is 4.25. The van der Waals surface area contributed by atoms with E-state index in [9.17, 15) is 4.79 Å². The maximum atomic E-state index is 13.0. The van der Waals surface area contributed by atoms with Crippen LogP contribution in [-0.4, -0.2) is 31.4 Å². The van der Waals surface area contributed by atoms with Crippen molar-refractivity contribution in [1.82, 2.24) is 4.57 Å². The summed E-state index contributed by atoms with van der Waals surface area (Å²) in [6.07, 6.45) is 2.58. The minimum absolute atomic E-state index is 0.00810. The molecule has 2 aromatic rings. The van der Waals surface area contributed by atoms with E-state index in [0.717, 1.165) is 23.2 Å². The van der Waals surface area contributed by atoms with Crippen LogP contribution in [0.1, 0.15) is 57.9 Å². The molecule has 0 spiro atoms. The lowest BCUT2D eigenvalue weighted by Gasteiger charge is -2.39. The van der Waals surface area contributed by atoms with Crippen molar-refractivity contribution in [2.24, 2.45) is 11.1 Å². The maximum absolute atomic E-state index is 13.0. The number of ether oxygens (including phenoxy) is 3. The van der Waals surface area contributed by atoms with Gasteiger partial charge in [-0.1, -0.05) is 20.8 Å². The Morgan fingerprint density at radius 2 is 1.97 bits per heavy atom. The van der Waals surface area contributed by atoms with E-state index in [2.05, 4.69) is 25.3 Å². The quantitative estimate of drug-likeness (QED) is 0.738. The molecule has 1 aliphatic rings. The van der Waals surface area contributed by atoms with E-state index in [1.807, 2.05) is 32.2 Å². The lowest BCUT2D eigenvalue weighted by atomic mass is 9.78. The first-order valence-corrected chi connectivity index (χ1v) is 10.6. The highest BCUT2D eigenvalue weighted by atomic mass is 16.5. The van der Waals surface area contributed by atoms with Gasteiger partial charge in [0.2, 0.25) is 0 Å². The monoisotopic (exact) mass is 414 g/mol. The van der Waals surface area contributed by atoms with Gasteiger partial charge in [0.1, 0.15) is 6.61 Å². The van der Waals surface area contributed by atoms with Gasteiger partial charge in [-0.2, -0.15) is 0 Å². The van der Waals surface area contributed by atoms with Gasteiger partial charge in [0.05, 0.1) is 18.9 Å². The second-order valence-electron chi connectivity index (χ2n) is 8.87. The molecule has 2 atom stereocenters. The SMILES string of the molecule is CCOC(C)c1cn2c(cc1=O)-c1cc(OC)c(OCCN)cc1CC2C(C)(C)C. The van der Waals surface area contributed by atoms with Crippen molar-refractivity contribution < 1.29 is 14.2 Å². The molecule has 0 amide bonds. The van der Waals surface area contributed by atoms with Crippen molar-refractivity contribution in [1.29, 1.82) is 0 Å². The molecule has 2 unspecified atom stereocenters. The van der Waals surface area contributed by atoms with Gasteiger partial charge in [-0.15, -0.1) is 0 Å². The molecular formula is C24H34N2O4. The first-order valence-electron chi connectivity index (χ1n) is 10.6. The van der Waals surface area contributed by atoms with Crippen molar-refractivity contribution in [2.75, 3.05) is 26.9 Å². The van der Waals surface area contributed by atoms with E-state index >= 15 is 0 Å². The Labute approximate surface area is 178 Å². The van der Waals surface area contributed by atoms with Gasteiger partial charge >= 0.3 is 0 Å². The number of pyridine rings is 1. The van der Waals surface area contributed by atoms with E-state index in [1.54, 1.807) is 13.2 Å². The molecule has 6 nitrogen and oxygen atoms in total. The number of benzene rings is 1. The number of nitrogens with two attached hydrogens (primary N) is 1. The smallest absolute Gasteiger partial charge is 0.187 e. The molecular weight excluding hydrogens is 380 g/mol. The molecule has 30 heavy (non-hydrogen) atoms. The summed E-state index contributed by atoms with van der Waals surface area (Å²) in [4.78, 5) is 13.0. The minimum atomic E-state index is -0.246. The van der Waals surface area contributed by atoms with E-state index in [4.69, 9.17) is 19.9 Å². The number of hydrogen-bond acceptors (Lipinski definition) is 5. The molecule has 3 rings (SSSR count). The average Bonchev–Trinajstić information content (AvgIpc) is 2.69. The minimum Gasteiger partial charge on any atom is -0.493 e. The summed E-state index contributed by atoms with van der Waals surface area (Å²) in [6.45, 7) is 12.0. The van der Waals surface area contributed by atoms with Crippen LogP contribution >= 0.6 is 0 Å². The highest BCUT2D eigenvalue weighted by Crippen LogP contribution is 2.45. The van der Waals surface area contributed by atoms with Crippen LogP contribution in [0.2, 0.25) is 0 Å². The first-order chi connectivity index (χ1) is 14.2. The molecule has 0 bridgehead atoms. The zero-order valence-corrected chi connectivity index (χ0v) is 19.0. The number of hydrogen-bond donors (Lipinski definition) is 1. The van der Waals surface area contributed by atoms with E-state index < -0.39 is 0 Å². The summed E-state index contributed by atoms with van der Waals surface area (Å²) < 4.78 is 19.4. The van der Waals surface area contributed by atoms with Crippen molar-refractivity contribution in [3.8, 4) is 22.8 Å². The number of nitrogens with zero attached hydrogens (tertiary/aromatic N) is 1. The van der Waals surface area contributed by atoms with Crippen LogP contribution in [0.4, 0.5) is 0 Å². The summed E-state index contributed by atoms with van der Waals surface area (Å²) in [6, 6.07) is 5.93. The molecule has 6 heteroatoms. The fraction of sp³-hybridized carbons (Fsp3) is 0.542.